The van der Waals surface area contributed by atoms with Gasteiger partial charge in [-0.2, -0.15) is 0 Å². The highest BCUT2D eigenvalue weighted by atomic mass is 35.5. The van der Waals surface area contributed by atoms with E-state index >= 15 is 0 Å². The Balaban J connectivity index is 2.68. The van der Waals surface area contributed by atoms with Crippen LogP contribution in [-0.2, 0) is 0 Å². The van der Waals surface area contributed by atoms with Gasteiger partial charge in [-0.05, 0) is 24.3 Å². The molecule has 1 heterocycles. The van der Waals surface area contributed by atoms with E-state index in [1.807, 2.05) is 18.2 Å². The zero-order valence-electron chi connectivity index (χ0n) is 6.76. The minimum atomic E-state index is 0.0346. The molecule has 2 aromatic rings. The van der Waals surface area contributed by atoms with E-state index in [0.29, 0.717) is 10.7 Å². The molecule has 0 radical (unpaired) electrons. The van der Waals surface area contributed by atoms with Crippen LogP contribution >= 0.6 is 11.6 Å². The minimum Gasteiger partial charge on any atom is -0.382 e. The largest absolute Gasteiger partial charge is 0.382 e. The Labute approximate surface area is 80.0 Å². The van der Waals surface area contributed by atoms with Gasteiger partial charge in [0.05, 0.1) is 5.69 Å². The maximum absolute atomic E-state index is 7.24. The molecule has 0 aliphatic carbocycles. The van der Waals surface area contributed by atoms with Crippen molar-refractivity contribution in [2.45, 2.75) is 0 Å². The van der Waals surface area contributed by atoms with Crippen molar-refractivity contribution < 1.29 is 0 Å². The molecule has 1 aromatic heterocycles. The molecule has 0 fully saturated rings. The molecule has 13 heavy (non-hydrogen) atoms. The Kier molecular flexibility index (Phi) is 1.74. The summed E-state index contributed by atoms with van der Waals surface area (Å²) in [5, 5.41) is 8.89. The van der Waals surface area contributed by atoms with E-state index in [9.17, 15) is 0 Å². The standard InChI is InChI=1S/C9H8ClN3/c10-6-1-2-7-5(3-6)4-8(13-7)9(11)12/h1-4,13H,(H3,11,12). The normalized spacial score (nSPS) is 10.5. The van der Waals surface area contributed by atoms with E-state index in [1.165, 1.54) is 0 Å². The average Bonchev–Trinajstić information content (AvgIpc) is 2.46. The number of nitrogen functional groups attached to an aromatic ring is 1. The highest BCUT2D eigenvalue weighted by molar-refractivity contribution is 6.31. The van der Waals surface area contributed by atoms with E-state index in [0.717, 1.165) is 10.9 Å². The number of hydrogen-bond acceptors (Lipinski definition) is 1. The lowest BCUT2D eigenvalue weighted by Crippen LogP contribution is -2.10. The molecule has 4 heteroatoms. The van der Waals surface area contributed by atoms with Crippen molar-refractivity contribution in [2.24, 2.45) is 5.73 Å². The number of H-pyrrole nitrogens is 1. The third-order valence-electron chi connectivity index (χ3n) is 1.87. The topological polar surface area (TPSA) is 65.7 Å². The molecule has 0 spiro atoms. The second kappa shape index (κ2) is 2.78. The summed E-state index contributed by atoms with van der Waals surface area (Å²) in [7, 11) is 0. The molecule has 1 aromatic carbocycles. The lowest BCUT2D eigenvalue weighted by molar-refractivity contribution is 1.34. The number of nitrogens with one attached hydrogen (secondary N) is 2. The molecule has 0 saturated heterocycles. The van der Waals surface area contributed by atoms with Crippen molar-refractivity contribution in [3.8, 4) is 0 Å². The third-order valence-corrected chi connectivity index (χ3v) is 2.11. The molecule has 0 unspecified atom stereocenters. The maximum atomic E-state index is 7.24. The SMILES string of the molecule is N=C(N)c1cc2cc(Cl)ccc2[nH]1. The van der Waals surface area contributed by atoms with Gasteiger partial charge in [0.25, 0.3) is 0 Å². The van der Waals surface area contributed by atoms with Crippen LogP contribution in [-0.4, -0.2) is 10.8 Å². The summed E-state index contributed by atoms with van der Waals surface area (Å²) >= 11 is 5.81. The molecule has 66 valence electrons. The first-order valence-electron chi connectivity index (χ1n) is 3.79. The summed E-state index contributed by atoms with van der Waals surface area (Å²) < 4.78 is 0. The second-order valence-corrected chi connectivity index (χ2v) is 3.26. The van der Waals surface area contributed by atoms with Crippen LogP contribution in [0.25, 0.3) is 10.9 Å². The predicted molar refractivity (Wildman–Crippen MR) is 54.3 cm³/mol. The summed E-state index contributed by atoms with van der Waals surface area (Å²) in [6, 6.07) is 7.30. The number of rotatable bonds is 1. The van der Waals surface area contributed by atoms with Crippen LogP contribution in [0, 0.1) is 5.41 Å². The van der Waals surface area contributed by atoms with Gasteiger partial charge in [-0.3, -0.25) is 5.41 Å². The number of benzene rings is 1. The van der Waals surface area contributed by atoms with E-state index in [-0.39, 0.29) is 5.84 Å². The highest BCUT2D eigenvalue weighted by Gasteiger charge is 2.02. The monoisotopic (exact) mass is 193 g/mol. The minimum absolute atomic E-state index is 0.0346. The zero-order valence-corrected chi connectivity index (χ0v) is 7.52. The van der Waals surface area contributed by atoms with Gasteiger partial charge in [-0.15, -0.1) is 0 Å². The van der Waals surface area contributed by atoms with Gasteiger partial charge >= 0.3 is 0 Å². The van der Waals surface area contributed by atoms with Crippen molar-refractivity contribution in [3.63, 3.8) is 0 Å². The lowest BCUT2D eigenvalue weighted by atomic mass is 10.2. The van der Waals surface area contributed by atoms with Crippen LogP contribution in [0.3, 0.4) is 0 Å². The average molecular weight is 194 g/mol. The Morgan fingerprint density at radius 3 is 2.85 bits per heavy atom. The third kappa shape index (κ3) is 1.38. The predicted octanol–water partition coefficient (Wildman–Crippen LogP) is 2.11. The van der Waals surface area contributed by atoms with Crippen LogP contribution in [0.15, 0.2) is 24.3 Å². The Bertz CT molecular complexity index is 473. The summed E-state index contributed by atoms with van der Waals surface area (Å²) in [5.74, 6) is 0.0346. The van der Waals surface area contributed by atoms with Gasteiger partial charge in [0.2, 0.25) is 0 Å². The van der Waals surface area contributed by atoms with Gasteiger partial charge in [0, 0.05) is 15.9 Å². The number of amidine groups is 1. The summed E-state index contributed by atoms with van der Waals surface area (Å²) in [6.45, 7) is 0. The molecule has 2 rings (SSSR count). The first-order valence-corrected chi connectivity index (χ1v) is 4.17. The molecule has 0 amide bonds. The number of aromatic nitrogens is 1. The van der Waals surface area contributed by atoms with Gasteiger partial charge in [0.15, 0.2) is 0 Å². The van der Waals surface area contributed by atoms with Crippen LogP contribution in [0.5, 0.6) is 0 Å². The van der Waals surface area contributed by atoms with Crippen molar-refractivity contribution in [1.82, 2.24) is 4.98 Å². The smallest absolute Gasteiger partial charge is 0.139 e. The van der Waals surface area contributed by atoms with E-state index in [1.54, 1.807) is 6.07 Å². The molecule has 3 nitrogen and oxygen atoms in total. The second-order valence-electron chi connectivity index (χ2n) is 2.83. The number of aromatic amines is 1. The first kappa shape index (κ1) is 8.13. The lowest BCUT2D eigenvalue weighted by Gasteiger charge is -1.89. The van der Waals surface area contributed by atoms with Crippen LogP contribution in [0.1, 0.15) is 5.69 Å². The fourth-order valence-corrected chi connectivity index (χ4v) is 1.43. The summed E-state index contributed by atoms with van der Waals surface area (Å²) in [6.07, 6.45) is 0. The highest BCUT2D eigenvalue weighted by Crippen LogP contribution is 2.19. The molecule has 4 N–H and O–H groups in total. The molecule has 0 bridgehead atoms. The molecule has 0 atom stereocenters. The molecular formula is C9H8ClN3. The molecule has 0 aliphatic rings. The molecular weight excluding hydrogens is 186 g/mol. The Morgan fingerprint density at radius 1 is 1.38 bits per heavy atom. The van der Waals surface area contributed by atoms with E-state index in [2.05, 4.69) is 4.98 Å². The summed E-state index contributed by atoms with van der Waals surface area (Å²) in [4.78, 5) is 3.01. The van der Waals surface area contributed by atoms with Gasteiger partial charge < -0.3 is 10.7 Å². The fourth-order valence-electron chi connectivity index (χ4n) is 1.25. The zero-order chi connectivity index (χ0) is 9.42. The van der Waals surface area contributed by atoms with Crippen molar-refractivity contribution in [3.05, 3.63) is 35.0 Å². The van der Waals surface area contributed by atoms with Crippen LogP contribution in [0.2, 0.25) is 5.02 Å². The maximum Gasteiger partial charge on any atom is 0.139 e. The first-order chi connectivity index (χ1) is 6.16. The van der Waals surface area contributed by atoms with E-state index in [4.69, 9.17) is 22.7 Å². The van der Waals surface area contributed by atoms with Gasteiger partial charge in [0.1, 0.15) is 5.84 Å². The molecule has 0 saturated carbocycles. The van der Waals surface area contributed by atoms with Gasteiger partial charge in [-0.1, -0.05) is 11.6 Å². The number of fused-ring (bicyclic) bond motifs is 1. The number of halogens is 1. The Hall–Kier alpha value is -1.48. The molecule has 0 aliphatic heterocycles. The van der Waals surface area contributed by atoms with Crippen LogP contribution in [0.4, 0.5) is 0 Å². The van der Waals surface area contributed by atoms with E-state index < -0.39 is 0 Å². The van der Waals surface area contributed by atoms with Crippen LogP contribution < -0.4 is 5.73 Å². The van der Waals surface area contributed by atoms with Gasteiger partial charge in [-0.25, -0.2) is 0 Å². The van der Waals surface area contributed by atoms with Crippen molar-refractivity contribution in [1.29, 1.82) is 5.41 Å². The quantitative estimate of drug-likeness (QED) is 0.471. The number of nitrogens with two attached hydrogens (primary N) is 1. The fraction of sp³-hybridized carbons (Fsp3) is 0. The summed E-state index contributed by atoms with van der Waals surface area (Å²) in [5.41, 5.74) is 6.90. The Morgan fingerprint density at radius 2 is 2.15 bits per heavy atom. The number of hydrogen-bond donors (Lipinski definition) is 3. The van der Waals surface area contributed by atoms with Crippen molar-refractivity contribution in [2.75, 3.05) is 0 Å². The van der Waals surface area contributed by atoms with Crippen molar-refractivity contribution >= 4 is 28.3 Å².